The van der Waals surface area contributed by atoms with Gasteiger partial charge in [0.15, 0.2) is 5.78 Å². The molecule has 2 aromatic carbocycles. The van der Waals surface area contributed by atoms with Gasteiger partial charge in [-0.05, 0) is 50.6 Å². The molecule has 3 nitrogen and oxygen atoms in total. The van der Waals surface area contributed by atoms with Gasteiger partial charge >= 0.3 is 0 Å². The van der Waals surface area contributed by atoms with Crippen LogP contribution in [0, 0.1) is 6.92 Å². The predicted molar refractivity (Wildman–Crippen MR) is 91.1 cm³/mol. The fourth-order valence-corrected chi connectivity index (χ4v) is 2.36. The molecule has 0 atom stereocenters. The number of hydrogen-bond acceptors (Lipinski definition) is 3. The van der Waals surface area contributed by atoms with Crippen molar-refractivity contribution in [3.63, 3.8) is 0 Å². The van der Waals surface area contributed by atoms with E-state index in [2.05, 4.69) is 5.32 Å². The van der Waals surface area contributed by atoms with E-state index < -0.39 is 0 Å². The standard InChI is InChI=1S/C19H21NO2/c1-13-5-9-17(10-6-13)20-14(2)19(15(3)21)16-7-11-18(22-4)12-8-16/h5-12,20H,1-4H3/b19-14+. The van der Waals surface area contributed by atoms with Crippen LogP contribution in [0.15, 0.2) is 54.2 Å². The maximum Gasteiger partial charge on any atom is 0.162 e. The fourth-order valence-electron chi connectivity index (χ4n) is 2.36. The van der Waals surface area contributed by atoms with E-state index >= 15 is 0 Å². The SMILES string of the molecule is COc1ccc(/C(C(C)=O)=C(\C)Nc2ccc(C)cc2)cc1. The van der Waals surface area contributed by atoms with E-state index in [9.17, 15) is 4.79 Å². The van der Waals surface area contributed by atoms with Crippen molar-refractivity contribution in [3.8, 4) is 5.75 Å². The molecule has 0 aromatic heterocycles. The maximum absolute atomic E-state index is 12.1. The van der Waals surface area contributed by atoms with Crippen LogP contribution in [0.2, 0.25) is 0 Å². The Balaban J connectivity index is 2.35. The normalized spacial score (nSPS) is 11.6. The van der Waals surface area contributed by atoms with Crippen molar-refractivity contribution >= 4 is 17.0 Å². The molecule has 0 radical (unpaired) electrons. The lowest BCUT2D eigenvalue weighted by Gasteiger charge is -2.13. The highest BCUT2D eigenvalue weighted by Gasteiger charge is 2.12. The molecule has 0 heterocycles. The van der Waals surface area contributed by atoms with Crippen molar-refractivity contribution in [3.05, 3.63) is 65.4 Å². The van der Waals surface area contributed by atoms with Gasteiger partial charge in [0.05, 0.1) is 7.11 Å². The molecule has 0 spiro atoms. The monoisotopic (exact) mass is 295 g/mol. The molecule has 0 saturated heterocycles. The molecule has 0 fully saturated rings. The number of carbonyl (C=O) groups is 1. The molecule has 114 valence electrons. The number of ketones is 1. The summed E-state index contributed by atoms with van der Waals surface area (Å²) in [5.74, 6) is 0.804. The highest BCUT2D eigenvalue weighted by Crippen LogP contribution is 2.24. The first-order valence-electron chi connectivity index (χ1n) is 7.21. The van der Waals surface area contributed by atoms with Gasteiger partial charge in [0, 0.05) is 17.0 Å². The van der Waals surface area contributed by atoms with Crippen LogP contribution < -0.4 is 10.1 Å². The van der Waals surface area contributed by atoms with Crippen LogP contribution in [-0.2, 0) is 4.79 Å². The molecule has 22 heavy (non-hydrogen) atoms. The average molecular weight is 295 g/mol. The Morgan fingerprint density at radius 2 is 1.55 bits per heavy atom. The number of ether oxygens (including phenoxy) is 1. The first kappa shape index (κ1) is 15.8. The smallest absolute Gasteiger partial charge is 0.162 e. The van der Waals surface area contributed by atoms with Crippen LogP contribution in [0.4, 0.5) is 5.69 Å². The van der Waals surface area contributed by atoms with Crippen LogP contribution in [-0.4, -0.2) is 12.9 Å². The summed E-state index contributed by atoms with van der Waals surface area (Å²) in [5, 5.41) is 3.31. The van der Waals surface area contributed by atoms with E-state index in [0.717, 1.165) is 22.7 Å². The summed E-state index contributed by atoms with van der Waals surface area (Å²) in [7, 11) is 1.63. The summed E-state index contributed by atoms with van der Waals surface area (Å²) in [5.41, 5.74) is 4.57. The Kier molecular flexibility index (Phi) is 4.99. The van der Waals surface area contributed by atoms with Crippen LogP contribution in [0.3, 0.4) is 0 Å². The van der Waals surface area contributed by atoms with Crippen molar-refractivity contribution in [2.45, 2.75) is 20.8 Å². The van der Waals surface area contributed by atoms with Gasteiger partial charge < -0.3 is 10.1 Å². The van der Waals surface area contributed by atoms with Gasteiger partial charge in [-0.25, -0.2) is 0 Å². The molecular formula is C19H21NO2. The second-order valence-corrected chi connectivity index (χ2v) is 5.28. The second-order valence-electron chi connectivity index (χ2n) is 5.28. The van der Waals surface area contributed by atoms with Gasteiger partial charge in [0.25, 0.3) is 0 Å². The third-order valence-electron chi connectivity index (χ3n) is 3.49. The summed E-state index contributed by atoms with van der Waals surface area (Å²) >= 11 is 0. The minimum Gasteiger partial charge on any atom is -0.497 e. The van der Waals surface area contributed by atoms with Crippen LogP contribution in [0.1, 0.15) is 25.0 Å². The number of allylic oxidation sites excluding steroid dienone is 2. The van der Waals surface area contributed by atoms with Crippen LogP contribution in [0.25, 0.3) is 5.57 Å². The number of carbonyl (C=O) groups excluding carboxylic acids is 1. The van der Waals surface area contributed by atoms with E-state index in [1.54, 1.807) is 14.0 Å². The number of anilines is 1. The topological polar surface area (TPSA) is 38.3 Å². The number of rotatable bonds is 5. The Morgan fingerprint density at radius 1 is 0.955 bits per heavy atom. The van der Waals surface area contributed by atoms with E-state index in [-0.39, 0.29) is 5.78 Å². The first-order valence-corrected chi connectivity index (χ1v) is 7.21. The quantitative estimate of drug-likeness (QED) is 0.829. The maximum atomic E-state index is 12.1. The van der Waals surface area contributed by atoms with E-state index in [1.165, 1.54) is 5.56 Å². The Hall–Kier alpha value is -2.55. The summed E-state index contributed by atoms with van der Waals surface area (Å²) in [6, 6.07) is 15.6. The van der Waals surface area contributed by atoms with Gasteiger partial charge in [-0.15, -0.1) is 0 Å². The van der Waals surface area contributed by atoms with E-state index in [1.807, 2.05) is 62.4 Å². The molecule has 0 unspecified atom stereocenters. The van der Waals surface area contributed by atoms with Crippen molar-refractivity contribution in [2.75, 3.05) is 12.4 Å². The molecule has 0 bridgehead atoms. The van der Waals surface area contributed by atoms with Crippen molar-refractivity contribution in [2.24, 2.45) is 0 Å². The summed E-state index contributed by atoms with van der Waals surface area (Å²) in [4.78, 5) is 12.1. The first-order chi connectivity index (χ1) is 10.5. The van der Waals surface area contributed by atoms with Gasteiger partial charge in [-0.2, -0.15) is 0 Å². The third-order valence-corrected chi connectivity index (χ3v) is 3.49. The highest BCUT2D eigenvalue weighted by atomic mass is 16.5. The molecule has 0 aliphatic rings. The molecule has 2 rings (SSSR count). The lowest BCUT2D eigenvalue weighted by Crippen LogP contribution is -2.06. The van der Waals surface area contributed by atoms with Crippen molar-refractivity contribution < 1.29 is 9.53 Å². The van der Waals surface area contributed by atoms with Crippen molar-refractivity contribution in [1.82, 2.24) is 0 Å². The zero-order chi connectivity index (χ0) is 16.1. The molecule has 1 N–H and O–H groups in total. The molecular weight excluding hydrogens is 274 g/mol. The molecule has 0 amide bonds. The fraction of sp³-hybridized carbons (Fsp3) is 0.211. The zero-order valence-corrected chi connectivity index (χ0v) is 13.4. The van der Waals surface area contributed by atoms with Crippen molar-refractivity contribution in [1.29, 1.82) is 0 Å². The molecule has 2 aromatic rings. The summed E-state index contributed by atoms with van der Waals surface area (Å²) < 4.78 is 5.16. The highest BCUT2D eigenvalue weighted by molar-refractivity contribution is 6.20. The number of benzene rings is 2. The summed E-state index contributed by atoms with van der Waals surface area (Å²) in [6.45, 7) is 5.55. The van der Waals surface area contributed by atoms with Crippen LogP contribution >= 0.6 is 0 Å². The Labute approximate surface area is 131 Å². The molecule has 0 aliphatic carbocycles. The zero-order valence-electron chi connectivity index (χ0n) is 13.4. The van der Waals surface area contributed by atoms with Gasteiger partial charge in [-0.1, -0.05) is 29.8 Å². The average Bonchev–Trinajstić information content (AvgIpc) is 2.50. The summed E-state index contributed by atoms with van der Waals surface area (Å²) in [6.07, 6.45) is 0. The van der Waals surface area contributed by atoms with Gasteiger partial charge in [0.1, 0.15) is 5.75 Å². The van der Waals surface area contributed by atoms with E-state index in [4.69, 9.17) is 4.74 Å². The van der Waals surface area contributed by atoms with Gasteiger partial charge in [-0.3, -0.25) is 4.79 Å². The number of methoxy groups -OCH3 is 1. The molecule has 0 saturated carbocycles. The van der Waals surface area contributed by atoms with Crippen LogP contribution in [0.5, 0.6) is 5.75 Å². The Morgan fingerprint density at radius 3 is 2.05 bits per heavy atom. The minimum atomic E-state index is 0.0299. The number of nitrogens with one attached hydrogen (secondary N) is 1. The predicted octanol–water partition coefficient (Wildman–Crippen LogP) is 4.44. The lowest BCUT2D eigenvalue weighted by atomic mass is 10.0. The minimum absolute atomic E-state index is 0.0299. The lowest BCUT2D eigenvalue weighted by molar-refractivity contribution is -0.111. The molecule has 0 aliphatic heterocycles. The number of hydrogen-bond donors (Lipinski definition) is 1. The Bertz CT molecular complexity index is 682. The second kappa shape index (κ2) is 6.94. The van der Waals surface area contributed by atoms with Gasteiger partial charge in [0.2, 0.25) is 0 Å². The number of Topliss-reactive ketones (excluding diaryl/α,β-unsaturated/α-hetero) is 1. The molecule has 3 heteroatoms. The largest absolute Gasteiger partial charge is 0.497 e. The number of aryl methyl sites for hydroxylation is 1. The third kappa shape index (κ3) is 3.76. The van der Waals surface area contributed by atoms with E-state index in [0.29, 0.717) is 5.57 Å².